The maximum Gasteiger partial charge on any atom is 0.270 e. The van der Waals surface area contributed by atoms with E-state index in [4.69, 9.17) is 17.0 Å². The monoisotopic (exact) mass is 456 g/mol. The molecule has 1 fully saturated rings. The highest BCUT2D eigenvalue weighted by atomic mass is 32.1. The topological polar surface area (TPSA) is 58.6 Å². The van der Waals surface area contributed by atoms with E-state index in [0.29, 0.717) is 17.2 Å². The van der Waals surface area contributed by atoms with Crippen molar-refractivity contribution < 1.29 is 14.3 Å². The molecule has 0 unspecified atom stereocenters. The maximum atomic E-state index is 13.2. The molecule has 1 aliphatic rings. The number of benzene rings is 3. The predicted molar refractivity (Wildman–Crippen MR) is 134 cm³/mol. The number of nitrogens with one attached hydrogen (secondary N) is 1. The molecule has 4 rings (SSSR count). The van der Waals surface area contributed by atoms with Gasteiger partial charge in [-0.25, -0.2) is 0 Å². The zero-order chi connectivity index (χ0) is 23.2. The van der Waals surface area contributed by atoms with Gasteiger partial charge < -0.3 is 4.74 Å². The third-order valence-electron chi connectivity index (χ3n) is 5.29. The Balaban J connectivity index is 1.54. The number of aryl methyl sites for hydroxylation is 1. The fraction of sp³-hybridized carbons (Fsp3) is 0.148. The molecule has 33 heavy (non-hydrogen) atoms. The Hall–Kier alpha value is -3.77. The summed E-state index contributed by atoms with van der Waals surface area (Å²) in [4.78, 5) is 27.1. The lowest BCUT2D eigenvalue weighted by Crippen LogP contribution is -2.54. The fourth-order valence-corrected chi connectivity index (χ4v) is 3.79. The summed E-state index contributed by atoms with van der Waals surface area (Å²) in [5.41, 5.74) is 2.60. The molecule has 0 spiro atoms. The second kappa shape index (κ2) is 10.2. The van der Waals surface area contributed by atoms with Crippen LogP contribution in [-0.4, -0.2) is 16.9 Å². The van der Waals surface area contributed by atoms with Gasteiger partial charge >= 0.3 is 0 Å². The highest BCUT2D eigenvalue weighted by Gasteiger charge is 2.34. The summed E-state index contributed by atoms with van der Waals surface area (Å²) in [6.07, 6.45) is 4.88. The highest BCUT2D eigenvalue weighted by Crippen LogP contribution is 2.27. The molecule has 1 saturated heterocycles. The average Bonchev–Trinajstić information content (AvgIpc) is 2.83. The van der Waals surface area contributed by atoms with Crippen molar-refractivity contribution in [1.29, 1.82) is 0 Å². The molecule has 0 aromatic heterocycles. The van der Waals surface area contributed by atoms with Crippen molar-refractivity contribution >= 4 is 40.9 Å². The number of hydrogen-bond donors (Lipinski definition) is 1. The molecule has 0 atom stereocenters. The first-order valence-electron chi connectivity index (χ1n) is 10.9. The summed E-state index contributed by atoms with van der Waals surface area (Å²) in [6, 6.07) is 24.3. The van der Waals surface area contributed by atoms with Gasteiger partial charge in [-0.3, -0.25) is 19.8 Å². The maximum absolute atomic E-state index is 13.2. The molecule has 1 N–H and O–H groups in total. The number of unbranched alkanes of at least 4 members (excludes halogenated alkanes) is 1. The van der Waals surface area contributed by atoms with Gasteiger partial charge in [-0.15, -0.1) is 0 Å². The number of ether oxygens (including phenoxy) is 1. The Morgan fingerprint density at radius 2 is 1.58 bits per heavy atom. The van der Waals surface area contributed by atoms with Crippen LogP contribution < -0.4 is 15.0 Å². The van der Waals surface area contributed by atoms with Crippen LogP contribution in [0.3, 0.4) is 0 Å². The quantitative estimate of drug-likeness (QED) is 0.283. The van der Waals surface area contributed by atoms with Gasteiger partial charge in [-0.1, -0.05) is 55.8 Å². The summed E-state index contributed by atoms with van der Waals surface area (Å²) in [5, 5.41) is 2.67. The Kier molecular flexibility index (Phi) is 6.95. The van der Waals surface area contributed by atoms with Crippen molar-refractivity contribution in [2.75, 3.05) is 4.90 Å². The highest BCUT2D eigenvalue weighted by molar-refractivity contribution is 7.80. The van der Waals surface area contributed by atoms with Crippen molar-refractivity contribution in [3.8, 4) is 11.5 Å². The molecule has 166 valence electrons. The van der Waals surface area contributed by atoms with Crippen LogP contribution in [-0.2, 0) is 16.0 Å². The smallest absolute Gasteiger partial charge is 0.270 e. The first kappa shape index (κ1) is 22.4. The lowest BCUT2D eigenvalue weighted by Gasteiger charge is -2.29. The molecule has 1 heterocycles. The van der Waals surface area contributed by atoms with Gasteiger partial charge in [0.1, 0.15) is 17.1 Å². The van der Waals surface area contributed by atoms with Crippen LogP contribution in [0, 0.1) is 0 Å². The average molecular weight is 457 g/mol. The minimum Gasteiger partial charge on any atom is -0.457 e. The molecule has 1 aliphatic heterocycles. The van der Waals surface area contributed by atoms with Crippen LogP contribution in [0.1, 0.15) is 30.9 Å². The lowest BCUT2D eigenvalue weighted by atomic mass is 10.0. The minimum absolute atomic E-state index is 0.0366. The molecule has 0 saturated carbocycles. The second-order valence-corrected chi connectivity index (χ2v) is 8.10. The van der Waals surface area contributed by atoms with Crippen LogP contribution in [0.2, 0.25) is 0 Å². The zero-order valence-corrected chi connectivity index (χ0v) is 19.1. The molecule has 2 amide bonds. The van der Waals surface area contributed by atoms with Crippen LogP contribution in [0.25, 0.3) is 6.08 Å². The molecule has 6 heteroatoms. The summed E-state index contributed by atoms with van der Waals surface area (Å²) in [5.74, 6) is 0.382. The molecule has 3 aromatic carbocycles. The van der Waals surface area contributed by atoms with E-state index in [2.05, 4.69) is 12.2 Å². The van der Waals surface area contributed by atoms with Gasteiger partial charge in [0, 0.05) is 0 Å². The summed E-state index contributed by atoms with van der Waals surface area (Å²) < 4.78 is 5.81. The molecule has 0 bridgehead atoms. The van der Waals surface area contributed by atoms with E-state index in [0.717, 1.165) is 24.8 Å². The Bertz CT molecular complexity index is 1190. The SMILES string of the molecule is CCCCc1ccc(C=C2C(=O)NC(=S)N(c3ccc(Oc4ccccc4)cc3)C2=O)cc1. The first-order valence-corrected chi connectivity index (χ1v) is 11.3. The Labute approximate surface area is 198 Å². The second-order valence-electron chi connectivity index (χ2n) is 7.71. The van der Waals surface area contributed by atoms with E-state index in [9.17, 15) is 9.59 Å². The third kappa shape index (κ3) is 5.35. The number of nitrogens with zero attached hydrogens (tertiary/aromatic N) is 1. The van der Waals surface area contributed by atoms with Crippen molar-refractivity contribution in [2.45, 2.75) is 26.2 Å². The summed E-state index contributed by atoms with van der Waals surface area (Å²) in [7, 11) is 0. The van der Waals surface area contributed by atoms with Crippen molar-refractivity contribution in [3.05, 3.63) is 95.6 Å². The first-order chi connectivity index (χ1) is 16.0. The Morgan fingerprint density at radius 1 is 0.909 bits per heavy atom. The standard InChI is InChI=1S/C27H24N2O3S/c1-2-3-7-19-10-12-20(13-11-19)18-24-25(30)28-27(33)29(26(24)31)21-14-16-23(17-15-21)32-22-8-5-4-6-9-22/h4-6,8-18H,2-3,7H2,1H3,(H,28,30,33). The van der Waals surface area contributed by atoms with Crippen LogP contribution in [0.4, 0.5) is 5.69 Å². The molecular formula is C27H24N2O3S. The largest absolute Gasteiger partial charge is 0.457 e. The Morgan fingerprint density at radius 3 is 2.24 bits per heavy atom. The molecule has 0 aliphatic carbocycles. The van der Waals surface area contributed by atoms with E-state index in [1.807, 2.05) is 54.6 Å². The van der Waals surface area contributed by atoms with Crippen LogP contribution in [0.5, 0.6) is 11.5 Å². The number of amides is 2. The number of carbonyl (C=O) groups is 2. The number of rotatable bonds is 7. The van der Waals surface area contributed by atoms with E-state index in [1.165, 1.54) is 10.5 Å². The zero-order valence-electron chi connectivity index (χ0n) is 18.3. The van der Waals surface area contributed by atoms with Crippen molar-refractivity contribution in [1.82, 2.24) is 5.32 Å². The van der Waals surface area contributed by atoms with E-state index in [1.54, 1.807) is 30.3 Å². The number of anilines is 1. The fourth-order valence-electron chi connectivity index (χ4n) is 3.51. The lowest BCUT2D eigenvalue weighted by molar-refractivity contribution is -0.122. The molecule has 0 radical (unpaired) electrons. The third-order valence-corrected chi connectivity index (χ3v) is 5.57. The number of para-hydroxylation sites is 1. The predicted octanol–water partition coefficient (Wildman–Crippen LogP) is 5.65. The minimum atomic E-state index is -0.500. The van der Waals surface area contributed by atoms with Gasteiger partial charge in [0.15, 0.2) is 5.11 Å². The van der Waals surface area contributed by atoms with E-state index < -0.39 is 11.8 Å². The molecular weight excluding hydrogens is 432 g/mol. The van der Waals surface area contributed by atoms with Gasteiger partial charge in [0.05, 0.1) is 5.69 Å². The van der Waals surface area contributed by atoms with Crippen LogP contribution in [0.15, 0.2) is 84.4 Å². The number of carbonyl (C=O) groups excluding carboxylic acids is 2. The summed E-state index contributed by atoms with van der Waals surface area (Å²) in [6.45, 7) is 2.16. The molecule has 3 aromatic rings. The van der Waals surface area contributed by atoms with E-state index in [-0.39, 0.29) is 10.7 Å². The van der Waals surface area contributed by atoms with Gasteiger partial charge in [-0.2, -0.15) is 0 Å². The van der Waals surface area contributed by atoms with Gasteiger partial charge in [0.25, 0.3) is 11.8 Å². The molecule has 5 nitrogen and oxygen atoms in total. The summed E-state index contributed by atoms with van der Waals surface area (Å²) >= 11 is 5.29. The van der Waals surface area contributed by atoms with Crippen molar-refractivity contribution in [2.24, 2.45) is 0 Å². The van der Waals surface area contributed by atoms with Crippen molar-refractivity contribution in [3.63, 3.8) is 0 Å². The van der Waals surface area contributed by atoms with Gasteiger partial charge in [-0.05, 0) is 78.7 Å². The number of hydrogen-bond acceptors (Lipinski definition) is 4. The normalized spacial score (nSPS) is 15.0. The van der Waals surface area contributed by atoms with Gasteiger partial charge in [0.2, 0.25) is 0 Å². The van der Waals surface area contributed by atoms with E-state index >= 15 is 0 Å². The van der Waals surface area contributed by atoms with Crippen LogP contribution >= 0.6 is 12.2 Å². The number of thiocarbonyl (C=S) groups is 1.